The maximum atomic E-state index is 13.5. The van der Waals surface area contributed by atoms with Crippen LogP contribution in [0.15, 0.2) is 41.9 Å². The van der Waals surface area contributed by atoms with Gasteiger partial charge in [0.1, 0.15) is 5.56 Å². The fourth-order valence-corrected chi connectivity index (χ4v) is 5.42. The maximum Gasteiger partial charge on any atom is 0.341 e. The lowest BCUT2D eigenvalue weighted by Gasteiger charge is -2.32. The maximum absolute atomic E-state index is 13.5. The molecule has 9 heteroatoms. The third-order valence-electron chi connectivity index (χ3n) is 6.60. The van der Waals surface area contributed by atoms with E-state index in [1.807, 2.05) is 37.4 Å². The van der Waals surface area contributed by atoms with E-state index >= 15 is 0 Å². The molecule has 0 saturated heterocycles. The number of aromatic carboxylic acids is 1. The predicted molar refractivity (Wildman–Crippen MR) is 136 cm³/mol. The highest BCUT2D eigenvalue weighted by molar-refractivity contribution is 7.12. The van der Waals surface area contributed by atoms with Gasteiger partial charge < -0.3 is 10.8 Å². The molecule has 2 amide bonds. The van der Waals surface area contributed by atoms with Crippen LogP contribution >= 0.6 is 11.3 Å². The first-order valence-corrected chi connectivity index (χ1v) is 12.7. The van der Waals surface area contributed by atoms with Gasteiger partial charge in [-0.05, 0) is 74.6 Å². The van der Waals surface area contributed by atoms with E-state index in [1.165, 1.54) is 22.2 Å². The van der Waals surface area contributed by atoms with E-state index in [9.17, 15) is 19.5 Å². The van der Waals surface area contributed by atoms with Crippen molar-refractivity contribution in [2.45, 2.75) is 52.5 Å². The molecule has 1 saturated carbocycles. The van der Waals surface area contributed by atoms with Crippen molar-refractivity contribution in [1.82, 2.24) is 9.78 Å². The number of primary amides is 1. The summed E-state index contributed by atoms with van der Waals surface area (Å²) in [6, 6.07) is 8.86. The summed E-state index contributed by atoms with van der Waals surface area (Å²) in [5.41, 5.74) is 7.66. The standard InChI is InChI=1S/C26H30N4O4S/c1-15(2)30(25(32)18-6-4-16(3)5-7-18)24-21(26(33)34)14-29(28-24)19-10-8-17(9-11-19)20-12-13-35-22(20)23(27)31/h8-16,18H,4-7H2,1-3H3,(H2,27,31)(H,33,34)/t16-,18-. The second-order valence-corrected chi connectivity index (χ2v) is 10.4. The smallest absolute Gasteiger partial charge is 0.341 e. The van der Waals surface area contributed by atoms with Crippen LogP contribution in [0.2, 0.25) is 0 Å². The summed E-state index contributed by atoms with van der Waals surface area (Å²) in [7, 11) is 0. The molecule has 184 valence electrons. The van der Waals surface area contributed by atoms with Crippen molar-refractivity contribution in [2.24, 2.45) is 17.6 Å². The molecular weight excluding hydrogens is 464 g/mol. The highest BCUT2D eigenvalue weighted by Crippen LogP contribution is 2.33. The molecule has 1 aliphatic rings. The molecule has 0 bridgehead atoms. The van der Waals surface area contributed by atoms with Crippen molar-refractivity contribution in [1.29, 1.82) is 0 Å². The predicted octanol–water partition coefficient (Wildman–Crippen LogP) is 4.97. The van der Waals surface area contributed by atoms with Gasteiger partial charge in [-0.2, -0.15) is 0 Å². The largest absolute Gasteiger partial charge is 0.477 e. The number of carbonyl (C=O) groups is 3. The quantitative estimate of drug-likeness (QED) is 0.481. The summed E-state index contributed by atoms with van der Waals surface area (Å²) in [5, 5.41) is 16.3. The summed E-state index contributed by atoms with van der Waals surface area (Å²) in [4.78, 5) is 39.3. The number of aromatic nitrogens is 2. The Labute approximate surface area is 208 Å². The minimum absolute atomic E-state index is 0.0193. The van der Waals surface area contributed by atoms with Crippen LogP contribution < -0.4 is 10.6 Å². The summed E-state index contributed by atoms with van der Waals surface area (Å²) in [6.45, 7) is 5.95. The first-order chi connectivity index (χ1) is 16.7. The van der Waals surface area contributed by atoms with Gasteiger partial charge in [-0.25, -0.2) is 9.48 Å². The lowest BCUT2D eigenvalue weighted by molar-refractivity contribution is -0.124. The topological polar surface area (TPSA) is 119 Å². The molecule has 0 atom stereocenters. The van der Waals surface area contributed by atoms with Crippen LogP contribution in [0.25, 0.3) is 16.8 Å². The Balaban J connectivity index is 1.67. The third kappa shape index (κ3) is 5.00. The first-order valence-electron chi connectivity index (χ1n) is 11.8. The van der Waals surface area contributed by atoms with Gasteiger partial charge in [0.15, 0.2) is 5.82 Å². The molecule has 3 N–H and O–H groups in total. The molecule has 1 aromatic carbocycles. The number of nitrogens with two attached hydrogens (primary N) is 1. The van der Waals surface area contributed by atoms with Crippen LogP contribution in [0.3, 0.4) is 0 Å². The lowest BCUT2D eigenvalue weighted by atomic mass is 9.82. The zero-order chi connectivity index (χ0) is 25.3. The van der Waals surface area contributed by atoms with Crippen LogP contribution in [0.1, 0.15) is 66.5 Å². The number of rotatable bonds is 7. The van der Waals surface area contributed by atoms with Gasteiger partial charge in [0.25, 0.3) is 5.91 Å². The Morgan fingerprint density at radius 2 is 1.77 bits per heavy atom. The minimum Gasteiger partial charge on any atom is -0.477 e. The fraction of sp³-hybridized carbons (Fsp3) is 0.385. The molecule has 8 nitrogen and oxygen atoms in total. The van der Waals surface area contributed by atoms with E-state index in [4.69, 9.17) is 5.73 Å². The SMILES string of the molecule is CC(C)N(c1nn(-c2ccc(-c3ccsc3C(N)=O)cc2)cc1C(=O)O)C(=O)[C@H]1CC[C@H](C)CC1. The minimum atomic E-state index is -1.14. The lowest BCUT2D eigenvalue weighted by Crippen LogP contribution is -2.43. The van der Waals surface area contributed by atoms with Gasteiger partial charge in [-0.3, -0.25) is 14.5 Å². The van der Waals surface area contributed by atoms with Gasteiger partial charge >= 0.3 is 5.97 Å². The van der Waals surface area contributed by atoms with E-state index < -0.39 is 11.9 Å². The zero-order valence-corrected chi connectivity index (χ0v) is 20.9. The molecule has 0 spiro atoms. The number of benzene rings is 1. The van der Waals surface area contributed by atoms with E-state index in [0.717, 1.165) is 36.8 Å². The second-order valence-electron chi connectivity index (χ2n) is 9.45. The average Bonchev–Trinajstić information content (AvgIpc) is 3.48. The Morgan fingerprint density at radius 3 is 2.34 bits per heavy atom. The van der Waals surface area contributed by atoms with Crippen LogP contribution in [-0.4, -0.2) is 38.7 Å². The molecule has 1 aliphatic carbocycles. The first kappa shape index (κ1) is 24.7. The van der Waals surface area contributed by atoms with Crippen molar-refractivity contribution in [3.8, 4) is 16.8 Å². The Bertz CT molecular complexity index is 1240. The van der Waals surface area contributed by atoms with Crippen molar-refractivity contribution in [3.05, 3.63) is 52.3 Å². The van der Waals surface area contributed by atoms with Gasteiger partial charge in [-0.15, -0.1) is 16.4 Å². The number of carboxylic acid groups (broad SMARTS) is 1. The van der Waals surface area contributed by atoms with Crippen molar-refractivity contribution in [2.75, 3.05) is 4.90 Å². The molecule has 0 aliphatic heterocycles. The van der Waals surface area contributed by atoms with Crippen LogP contribution in [0.4, 0.5) is 5.82 Å². The highest BCUT2D eigenvalue weighted by Gasteiger charge is 2.34. The van der Waals surface area contributed by atoms with E-state index in [2.05, 4.69) is 12.0 Å². The molecule has 4 rings (SSSR count). The molecule has 0 radical (unpaired) electrons. The Hall–Kier alpha value is -3.46. The summed E-state index contributed by atoms with van der Waals surface area (Å²) in [6.07, 6.45) is 5.05. The van der Waals surface area contributed by atoms with E-state index in [1.54, 1.807) is 17.0 Å². The Kier molecular flexibility index (Phi) is 7.07. The number of hydrogen-bond donors (Lipinski definition) is 2. The van der Waals surface area contributed by atoms with Crippen LogP contribution in [0.5, 0.6) is 0 Å². The van der Waals surface area contributed by atoms with Crippen molar-refractivity contribution >= 4 is 34.9 Å². The fourth-order valence-electron chi connectivity index (χ4n) is 4.65. The van der Waals surface area contributed by atoms with E-state index in [0.29, 0.717) is 16.5 Å². The van der Waals surface area contributed by atoms with Gasteiger partial charge in [0.05, 0.1) is 10.6 Å². The molecule has 2 aromatic heterocycles. The zero-order valence-electron chi connectivity index (χ0n) is 20.1. The number of hydrogen-bond acceptors (Lipinski definition) is 5. The van der Waals surface area contributed by atoms with Gasteiger partial charge in [0.2, 0.25) is 5.91 Å². The molecule has 1 fully saturated rings. The normalized spacial score (nSPS) is 17.9. The van der Waals surface area contributed by atoms with Crippen LogP contribution in [0, 0.1) is 11.8 Å². The van der Waals surface area contributed by atoms with Crippen LogP contribution in [-0.2, 0) is 4.79 Å². The molecular formula is C26H30N4O4S. The molecule has 0 unspecified atom stereocenters. The number of thiophene rings is 1. The summed E-state index contributed by atoms with van der Waals surface area (Å²) >= 11 is 1.29. The monoisotopic (exact) mass is 494 g/mol. The number of amides is 2. The number of anilines is 1. The van der Waals surface area contributed by atoms with E-state index in [-0.39, 0.29) is 29.2 Å². The average molecular weight is 495 g/mol. The van der Waals surface area contributed by atoms with Gasteiger partial charge in [-0.1, -0.05) is 19.1 Å². The third-order valence-corrected chi connectivity index (χ3v) is 7.53. The molecule has 35 heavy (non-hydrogen) atoms. The van der Waals surface area contributed by atoms with Crippen molar-refractivity contribution in [3.63, 3.8) is 0 Å². The van der Waals surface area contributed by atoms with Crippen molar-refractivity contribution < 1.29 is 19.5 Å². The number of carbonyl (C=O) groups excluding carboxylic acids is 2. The second kappa shape index (κ2) is 10.0. The number of carboxylic acids is 1. The molecule has 2 heterocycles. The van der Waals surface area contributed by atoms with Gasteiger partial charge in [0, 0.05) is 23.7 Å². The Morgan fingerprint density at radius 1 is 1.11 bits per heavy atom. The highest BCUT2D eigenvalue weighted by atomic mass is 32.1. The summed E-state index contributed by atoms with van der Waals surface area (Å²) < 4.78 is 1.48. The number of nitrogens with zero attached hydrogens (tertiary/aromatic N) is 3. The summed E-state index contributed by atoms with van der Waals surface area (Å²) in [5.74, 6) is -1.03. The molecule has 3 aromatic rings.